The molecule has 0 spiro atoms. The SMILES string of the molecule is CCOC(=O)c1ncsc1NCc1ccc(CC)s1. The van der Waals surface area contributed by atoms with Gasteiger partial charge in [-0.2, -0.15) is 0 Å². The zero-order valence-corrected chi connectivity index (χ0v) is 12.6. The molecule has 0 amide bonds. The fraction of sp³-hybridized carbons (Fsp3) is 0.385. The van der Waals surface area contributed by atoms with Crippen molar-refractivity contribution in [1.82, 2.24) is 4.98 Å². The average Bonchev–Trinajstić information content (AvgIpc) is 3.05. The van der Waals surface area contributed by atoms with Gasteiger partial charge in [-0.15, -0.1) is 22.7 Å². The molecule has 102 valence electrons. The number of hydrogen-bond acceptors (Lipinski definition) is 6. The van der Waals surface area contributed by atoms with Crippen LogP contribution in [0, 0.1) is 0 Å². The number of esters is 1. The lowest BCUT2D eigenvalue weighted by molar-refractivity contribution is 0.0521. The van der Waals surface area contributed by atoms with Gasteiger partial charge in [0.1, 0.15) is 5.00 Å². The van der Waals surface area contributed by atoms with E-state index in [1.807, 2.05) is 0 Å². The third kappa shape index (κ3) is 3.54. The van der Waals surface area contributed by atoms with Crippen molar-refractivity contribution in [3.8, 4) is 0 Å². The van der Waals surface area contributed by atoms with Gasteiger partial charge in [-0.05, 0) is 25.5 Å². The molecule has 1 N–H and O–H groups in total. The summed E-state index contributed by atoms with van der Waals surface area (Å²) in [6.45, 7) is 5.00. The van der Waals surface area contributed by atoms with Crippen molar-refractivity contribution in [1.29, 1.82) is 0 Å². The predicted octanol–water partition coefficient (Wildman–Crippen LogP) is 3.56. The predicted molar refractivity (Wildman–Crippen MR) is 79.1 cm³/mol. The monoisotopic (exact) mass is 296 g/mol. The zero-order valence-electron chi connectivity index (χ0n) is 10.9. The lowest BCUT2D eigenvalue weighted by Gasteiger charge is -2.04. The zero-order chi connectivity index (χ0) is 13.7. The fourth-order valence-electron chi connectivity index (χ4n) is 1.59. The largest absolute Gasteiger partial charge is 0.461 e. The Labute approximate surface area is 120 Å². The summed E-state index contributed by atoms with van der Waals surface area (Å²) < 4.78 is 4.97. The Morgan fingerprint density at radius 3 is 2.84 bits per heavy atom. The minimum absolute atomic E-state index is 0.362. The number of nitrogens with one attached hydrogen (secondary N) is 1. The second-order valence-electron chi connectivity index (χ2n) is 3.83. The molecule has 6 heteroatoms. The van der Waals surface area contributed by atoms with Gasteiger partial charge in [0, 0.05) is 9.75 Å². The lowest BCUT2D eigenvalue weighted by Crippen LogP contribution is -2.08. The van der Waals surface area contributed by atoms with Crippen LogP contribution in [0.1, 0.15) is 34.1 Å². The van der Waals surface area contributed by atoms with E-state index in [9.17, 15) is 4.79 Å². The number of hydrogen-bond donors (Lipinski definition) is 1. The summed E-state index contributed by atoms with van der Waals surface area (Å²) in [6.07, 6.45) is 1.05. The van der Waals surface area contributed by atoms with Crippen LogP contribution in [0.3, 0.4) is 0 Å². The fourth-order valence-corrected chi connectivity index (χ4v) is 3.16. The number of nitrogens with zero attached hydrogens (tertiary/aromatic N) is 1. The highest BCUT2D eigenvalue weighted by atomic mass is 32.1. The summed E-state index contributed by atoms with van der Waals surface area (Å²) in [6, 6.07) is 4.25. The van der Waals surface area contributed by atoms with Crippen molar-refractivity contribution in [3.63, 3.8) is 0 Å². The molecule has 0 radical (unpaired) electrons. The number of aromatic nitrogens is 1. The number of ether oxygens (including phenoxy) is 1. The van der Waals surface area contributed by atoms with Gasteiger partial charge in [-0.25, -0.2) is 9.78 Å². The number of aryl methyl sites for hydroxylation is 1. The first-order valence-electron chi connectivity index (χ1n) is 6.16. The van der Waals surface area contributed by atoms with E-state index in [0.29, 0.717) is 18.8 Å². The summed E-state index contributed by atoms with van der Waals surface area (Å²) >= 11 is 3.20. The lowest BCUT2D eigenvalue weighted by atomic mass is 10.3. The van der Waals surface area contributed by atoms with Crippen molar-refractivity contribution in [2.75, 3.05) is 11.9 Å². The summed E-state index contributed by atoms with van der Waals surface area (Å²) in [5.41, 5.74) is 2.03. The molecule has 0 fully saturated rings. The van der Waals surface area contributed by atoms with E-state index in [-0.39, 0.29) is 5.97 Å². The maximum Gasteiger partial charge on any atom is 0.360 e. The Bertz CT molecular complexity index is 548. The third-order valence-electron chi connectivity index (χ3n) is 2.53. The molecule has 2 aromatic heterocycles. The summed E-state index contributed by atoms with van der Waals surface area (Å²) in [5, 5.41) is 4.02. The molecule has 0 aromatic carbocycles. The third-order valence-corrected chi connectivity index (χ3v) is 4.54. The Balaban J connectivity index is 1.99. The van der Waals surface area contributed by atoms with Crippen LogP contribution in [0.4, 0.5) is 5.00 Å². The minimum atomic E-state index is -0.369. The molecular weight excluding hydrogens is 280 g/mol. The van der Waals surface area contributed by atoms with Crippen molar-refractivity contribution in [2.24, 2.45) is 0 Å². The molecule has 0 unspecified atom stereocenters. The normalized spacial score (nSPS) is 10.4. The van der Waals surface area contributed by atoms with E-state index in [1.165, 1.54) is 21.1 Å². The molecule has 0 aliphatic rings. The van der Waals surface area contributed by atoms with Crippen LogP contribution < -0.4 is 5.32 Å². The van der Waals surface area contributed by atoms with Crippen LogP contribution in [0.25, 0.3) is 0 Å². The summed E-state index contributed by atoms with van der Waals surface area (Å²) in [4.78, 5) is 18.3. The van der Waals surface area contributed by atoms with E-state index in [4.69, 9.17) is 4.74 Å². The van der Waals surface area contributed by atoms with Crippen LogP contribution in [0.15, 0.2) is 17.6 Å². The molecular formula is C13H16N2O2S2. The second-order valence-corrected chi connectivity index (χ2v) is 5.93. The van der Waals surface area contributed by atoms with Gasteiger partial charge in [0.25, 0.3) is 0 Å². The van der Waals surface area contributed by atoms with E-state index in [2.05, 4.69) is 29.4 Å². The second kappa shape index (κ2) is 6.68. The Morgan fingerprint density at radius 1 is 1.37 bits per heavy atom. The molecule has 2 rings (SSSR count). The van der Waals surface area contributed by atoms with Crippen molar-refractivity contribution in [2.45, 2.75) is 26.8 Å². The van der Waals surface area contributed by atoms with Crippen LogP contribution >= 0.6 is 22.7 Å². The van der Waals surface area contributed by atoms with Crippen LogP contribution in [-0.2, 0) is 17.7 Å². The topological polar surface area (TPSA) is 51.2 Å². The Hall–Kier alpha value is -1.40. The van der Waals surface area contributed by atoms with Gasteiger partial charge >= 0.3 is 5.97 Å². The van der Waals surface area contributed by atoms with Gasteiger partial charge in [-0.3, -0.25) is 0 Å². The van der Waals surface area contributed by atoms with Gasteiger partial charge < -0.3 is 10.1 Å². The molecule has 2 heterocycles. The van der Waals surface area contributed by atoms with Crippen molar-refractivity contribution in [3.05, 3.63) is 33.1 Å². The number of thiazole rings is 1. The Kier molecular flexibility index (Phi) is 4.93. The first-order valence-corrected chi connectivity index (χ1v) is 7.86. The highest BCUT2D eigenvalue weighted by molar-refractivity contribution is 7.14. The maximum absolute atomic E-state index is 11.7. The van der Waals surface area contributed by atoms with Gasteiger partial charge in [0.05, 0.1) is 18.7 Å². The molecule has 2 aromatic rings. The molecule has 0 aliphatic heterocycles. The van der Waals surface area contributed by atoms with Gasteiger partial charge in [0.2, 0.25) is 0 Å². The Morgan fingerprint density at radius 2 is 2.16 bits per heavy atom. The summed E-state index contributed by atoms with van der Waals surface area (Å²) in [7, 11) is 0. The number of rotatable bonds is 6. The van der Waals surface area contributed by atoms with Crippen LogP contribution in [0.5, 0.6) is 0 Å². The van der Waals surface area contributed by atoms with E-state index in [1.54, 1.807) is 23.8 Å². The summed E-state index contributed by atoms with van der Waals surface area (Å²) in [5.74, 6) is -0.369. The van der Waals surface area contributed by atoms with Crippen molar-refractivity contribution < 1.29 is 9.53 Å². The van der Waals surface area contributed by atoms with Crippen molar-refractivity contribution >= 4 is 33.6 Å². The highest BCUT2D eigenvalue weighted by Gasteiger charge is 2.15. The molecule has 0 saturated heterocycles. The minimum Gasteiger partial charge on any atom is -0.461 e. The maximum atomic E-state index is 11.7. The molecule has 0 aliphatic carbocycles. The van der Waals surface area contributed by atoms with E-state index in [0.717, 1.165) is 11.4 Å². The van der Waals surface area contributed by atoms with E-state index < -0.39 is 0 Å². The van der Waals surface area contributed by atoms with Gasteiger partial charge in [0.15, 0.2) is 5.69 Å². The van der Waals surface area contributed by atoms with Gasteiger partial charge in [-0.1, -0.05) is 6.92 Å². The van der Waals surface area contributed by atoms with E-state index >= 15 is 0 Å². The van der Waals surface area contributed by atoms with Crippen LogP contribution in [-0.4, -0.2) is 17.6 Å². The number of carbonyl (C=O) groups excluding carboxylic acids is 1. The first-order chi connectivity index (χ1) is 9.24. The highest BCUT2D eigenvalue weighted by Crippen LogP contribution is 2.24. The molecule has 0 atom stereocenters. The standard InChI is InChI=1S/C13H16N2O2S2/c1-3-9-5-6-10(19-9)7-14-12-11(15-8-18-12)13(16)17-4-2/h5-6,8,14H,3-4,7H2,1-2H3. The smallest absolute Gasteiger partial charge is 0.360 e. The van der Waals surface area contributed by atoms with Crippen LogP contribution in [0.2, 0.25) is 0 Å². The molecule has 19 heavy (non-hydrogen) atoms. The molecule has 0 bridgehead atoms. The quantitative estimate of drug-likeness (QED) is 0.828. The average molecular weight is 296 g/mol. The molecule has 4 nitrogen and oxygen atoms in total. The first kappa shape index (κ1) is 14.0. The number of thiophene rings is 1. The number of carbonyl (C=O) groups is 1. The number of anilines is 1. The molecule has 0 saturated carbocycles.